The molecular weight excluding hydrogens is 454 g/mol. The monoisotopic (exact) mass is 477 g/mol. The maximum absolute atomic E-state index is 13.0. The van der Waals surface area contributed by atoms with Gasteiger partial charge in [0, 0.05) is 29.2 Å². The van der Waals surface area contributed by atoms with Crippen molar-refractivity contribution >= 4 is 23.4 Å². The summed E-state index contributed by atoms with van der Waals surface area (Å²) in [5.74, 6) is 0.797. The lowest BCUT2D eigenvalue weighted by molar-refractivity contribution is -0.113. The van der Waals surface area contributed by atoms with Gasteiger partial charge in [-0.2, -0.15) is 0 Å². The largest absolute Gasteiger partial charge is 0.325 e. The number of carbonyl (C=O) groups is 1. The summed E-state index contributed by atoms with van der Waals surface area (Å²) in [6, 6.07) is 29.7. The van der Waals surface area contributed by atoms with Crippen LogP contribution in [0.25, 0.3) is 28.2 Å². The molecule has 6 nitrogen and oxygen atoms in total. The third kappa shape index (κ3) is 5.00. The number of aryl methyl sites for hydroxylation is 1. The van der Waals surface area contributed by atoms with Gasteiger partial charge in [-0.25, -0.2) is 0 Å². The summed E-state index contributed by atoms with van der Waals surface area (Å²) in [5.41, 5.74) is 5.78. The number of thioether (sulfide) groups is 1. The Labute approximate surface area is 208 Å². The van der Waals surface area contributed by atoms with Crippen LogP contribution in [0.15, 0.2) is 109 Å². The molecule has 0 unspecified atom stereocenters. The topological polar surface area (TPSA) is 72.7 Å². The van der Waals surface area contributed by atoms with Gasteiger partial charge in [-0.15, -0.1) is 10.2 Å². The Morgan fingerprint density at radius 2 is 1.54 bits per heavy atom. The van der Waals surface area contributed by atoms with Gasteiger partial charge >= 0.3 is 0 Å². The van der Waals surface area contributed by atoms with E-state index in [1.165, 1.54) is 11.8 Å². The summed E-state index contributed by atoms with van der Waals surface area (Å²) in [5, 5.41) is 12.6. The number of hydrogen-bond acceptors (Lipinski definition) is 5. The molecule has 0 aliphatic rings. The third-order valence-electron chi connectivity index (χ3n) is 5.55. The number of hydrogen-bond donors (Lipinski definition) is 1. The molecule has 1 N–H and O–H groups in total. The summed E-state index contributed by atoms with van der Waals surface area (Å²) in [6.45, 7) is 2.05. The van der Waals surface area contributed by atoms with E-state index < -0.39 is 0 Å². The highest BCUT2D eigenvalue weighted by molar-refractivity contribution is 7.99. The zero-order valence-electron chi connectivity index (χ0n) is 19.1. The Hall–Kier alpha value is -4.23. The van der Waals surface area contributed by atoms with Crippen LogP contribution in [0.2, 0.25) is 0 Å². The van der Waals surface area contributed by atoms with E-state index in [0.717, 1.165) is 33.6 Å². The molecule has 7 heteroatoms. The molecular formula is C28H23N5OS. The van der Waals surface area contributed by atoms with Crippen LogP contribution in [0.1, 0.15) is 5.56 Å². The normalized spacial score (nSPS) is 10.8. The summed E-state index contributed by atoms with van der Waals surface area (Å²) >= 11 is 1.36. The lowest BCUT2D eigenvalue weighted by atomic mass is 10.0. The first kappa shape index (κ1) is 22.6. The van der Waals surface area contributed by atoms with Gasteiger partial charge in [-0.1, -0.05) is 78.5 Å². The second kappa shape index (κ2) is 10.4. The average Bonchev–Trinajstić information content (AvgIpc) is 3.33. The first-order chi connectivity index (χ1) is 17.2. The number of carbonyl (C=O) groups excluding carboxylic acids is 1. The fourth-order valence-corrected chi connectivity index (χ4v) is 4.61. The first-order valence-corrected chi connectivity index (χ1v) is 12.2. The van der Waals surface area contributed by atoms with Crippen molar-refractivity contribution in [1.82, 2.24) is 19.7 Å². The van der Waals surface area contributed by atoms with Gasteiger partial charge in [-0.3, -0.25) is 14.3 Å². The van der Waals surface area contributed by atoms with Crippen LogP contribution < -0.4 is 5.32 Å². The first-order valence-electron chi connectivity index (χ1n) is 11.2. The second-order valence-electron chi connectivity index (χ2n) is 7.91. The van der Waals surface area contributed by atoms with Crippen molar-refractivity contribution < 1.29 is 4.79 Å². The molecule has 0 aliphatic carbocycles. The van der Waals surface area contributed by atoms with Crippen molar-refractivity contribution in [2.75, 3.05) is 11.1 Å². The van der Waals surface area contributed by atoms with Crippen LogP contribution in [0.5, 0.6) is 0 Å². The SMILES string of the molecule is Cc1ccccc1-n1c(SCC(=O)Nc2ccccc2-c2ccccc2)nnc1-c1ccncc1. The summed E-state index contributed by atoms with van der Waals surface area (Å²) in [7, 11) is 0. The predicted octanol–water partition coefficient (Wildman–Crippen LogP) is 6.04. The molecule has 2 heterocycles. The van der Waals surface area contributed by atoms with E-state index in [9.17, 15) is 4.79 Å². The zero-order chi connectivity index (χ0) is 24.0. The van der Waals surface area contributed by atoms with Gasteiger partial charge in [0.1, 0.15) is 0 Å². The highest BCUT2D eigenvalue weighted by Gasteiger charge is 2.19. The van der Waals surface area contributed by atoms with E-state index in [-0.39, 0.29) is 11.7 Å². The van der Waals surface area contributed by atoms with Crippen molar-refractivity contribution in [3.05, 3.63) is 109 Å². The third-order valence-corrected chi connectivity index (χ3v) is 6.48. The Kier molecular flexibility index (Phi) is 6.68. The van der Waals surface area contributed by atoms with Crippen LogP contribution in [0.3, 0.4) is 0 Å². The van der Waals surface area contributed by atoms with E-state index in [2.05, 4.69) is 20.5 Å². The van der Waals surface area contributed by atoms with E-state index in [1.807, 2.05) is 102 Å². The van der Waals surface area contributed by atoms with Crippen molar-refractivity contribution in [2.45, 2.75) is 12.1 Å². The molecule has 0 bridgehead atoms. The number of pyridine rings is 1. The Bertz CT molecular complexity index is 1450. The molecule has 0 fully saturated rings. The Balaban J connectivity index is 1.40. The lowest BCUT2D eigenvalue weighted by Crippen LogP contribution is -2.15. The number of rotatable bonds is 7. The average molecular weight is 478 g/mol. The molecule has 0 saturated heterocycles. The van der Waals surface area contributed by atoms with Gasteiger partial charge in [0.05, 0.1) is 11.4 Å². The van der Waals surface area contributed by atoms with Gasteiger partial charge in [0.2, 0.25) is 5.91 Å². The zero-order valence-corrected chi connectivity index (χ0v) is 19.9. The van der Waals surface area contributed by atoms with Gasteiger partial charge in [0.25, 0.3) is 0 Å². The molecule has 0 radical (unpaired) electrons. The lowest BCUT2D eigenvalue weighted by Gasteiger charge is -2.13. The van der Waals surface area contributed by atoms with Gasteiger partial charge in [-0.05, 0) is 42.3 Å². The second-order valence-corrected chi connectivity index (χ2v) is 8.85. The number of nitrogens with zero attached hydrogens (tertiary/aromatic N) is 4. The van der Waals surface area contributed by atoms with Gasteiger partial charge in [0.15, 0.2) is 11.0 Å². The fourth-order valence-electron chi connectivity index (χ4n) is 3.86. The minimum absolute atomic E-state index is 0.108. The van der Waals surface area contributed by atoms with Crippen LogP contribution in [-0.2, 0) is 4.79 Å². The molecule has 2 aromatic heterocycles. The van der Waals surface area contributed by atoms with Crippen molar-refractivity contribution in [3.63, 3.8) is 0 Å². The molecule has 3 aromatic carbocycles. The highest BCUT2D eigenvalue weighted by Crippen LogP contribution is 2.30. The van der Waals surface area contributed by atoms with E-state index in [4.69, 9.17) is 0 Å². The maximum Gasteiger partial charge on any atom is 0.234 e. The number of para-hydroxylation sites is 2. The maximum atomic E-state index is 13.0. The number of amides is 1. The van der Waals surface area contributed by atoms with Crippen molar-refractivity contribution in [1.29, 1.82) is 0 Å². The van der Waals surface area contributed by atoms with Crippen LogP contribution in [0, 0.1) is 6.92 Å². The molecule has 35 heavy (non-hydrogen) atoms. The smallest absolute Gasteiger partial charge is 0.234 e. The quantitative estimate of drug-likeness (QED) is 0.290. The number of benzene rings is 3. The van der Waals surface area contributed by atoms with E-state index >= 15 is 0 Å². The molecule has 5 aromatic rings. The van der Waals surface area contributed by atoms with Crippen LogP contribution in [0.4, 0.5) is 5.69 Å². The summed E-state index contributed by atoms with van der Waals surface area (Å²) < 4.78 is 2.00. The fraction of sp³-hybridized carbons (Fsp3) is 0.0714. The minimum atomic E-state index is -0.108. The molecule has 0 aliphatic heterocycles. The minimum Gasteiger partial charge on any atom is -0.325 e. The summed E-state index contributed by atoms with van der Waals surface area (Å²) in [4.78, 5) is 17.1. The van der Waals surface area contributed by atoms with Crippen LogP contribution >= 0.6 is 11.8 Å². The summed E-state index contributed by atoms with van der Waals surface area (Å²) in [6.07, 6.45) is 3.47. The predicted molar refractivity (Wildman–Crippen MR) is 141 cm³/mol. The van der Waals surface area contributed by atoms with E-state index in [1.54, 1.807) is 12.4 Å². The Morgan fingerprint density at radius 3 is 2.34 bits per heavy atom. The number of nitrogens with one attached hydrogen (secondary N) is 1. The number of aromatic nitrogens is 4. The molecule has 1 amide bonds. The Morgan fingerprint density at radius 1 is 0.829 bits per heavy atom. The molecule has 0 spiro atoms. The standard InChI is InChI=1S/C28H23N5OS/c1-20-9-5-8-14-25(20)33-27(22-15-17-29-18-16-22)31-32-28(33)35-19-26(34)30-24-13-7-6-12-23(24)21-10-3-2-4-11-21/h2-18H,19H2,1H3,(H,30,34). The molecule has 172 valence electrons. The van der Waals surface area contributed by atoms with Crippen molar-refractivity contribution in [3.8, 4) is 28.2 Å². The molecule has 0 saturated carbocycles. The molecule has 5 rings (SSSR count). The van der Waals surface area contributed by atoms with Crippen molar-refractivity contribution in [2.24, 2.45) is 0 Å². The van der Waals surface area contributed by atoms with Gasteiger partial charge < -0.3 is 5.32 Å². The van der Waals surface area contributed by atoms with Crippen LogP contribution in [-0.4, -0.2) is 31.4 Å². The molecule has 0 atom stereocenters. The number of anilines is 1. The van der Waals surface area contributed by atoms with E-state index in [0.29, 0.717) is 11.0 Å². The highest BCUT2D eigenvalue weighted by atomic mass is 32.2.